The quantitative estimate of drug-likeness (QED) is 0.557. The highest BCUT2D eigenvalue weighted by Crippen LogP contribution is 2.29. The summed E-state index contributed by atoms with van der Waals surface area (Å²) < 4.78 is 27.4. The third kappa shape index (κ3) is 4.37. The van der Waals surface area contributed by atoms with E-state index in [2.05, 4.69) is 4.98 Å². The number of hydrogen-bond acceptors (Lipinski definition) is 5. The van der Waals surface area contributed by atoms with Crippen molar-refractivity contribution in [1.29, 1.82) is 0 Å². The molecule has 0 unspecified atom stereocenters. The lowest BCUT2D eigenvalue weighted by Crippen LogP contribution is -2.30. The number of pyridine rings is 1. The van der Waals surface area contributed by atoms with E-state index in [0.29, 0.717) is 37.4 Å². The molecule has 1 fully saturated rings. The van der Waals surface area contributed by atoms with Crippen LogP contribution < -0.4 is 15.2 Å². The number of benzene rings is 1. The molecule has 0 bridgehead atoms. The van der Waals surface area contributed by atoms with Crippen LogP contribution in [0.5, 0.6) is 17.4 Å². The second-order valence-corrected chi connectivity index (χ2v) is 7.22. The number of amides is 3. The molecule has 1 aromatic carbocycles. The van der Waals surface area contributed by atoms with Crippen molar-refractivity contribution in [2.75, 3.05) is 33.3 Å². The highest BCUT2D eigenvalue weighted by atomic mass is 19.1. The zero-order valence-electron chi connectivity index (χ0n) is 17.0. The average Bonchev–Trinajstić information content (AvgIpc) is 3.34. The molecule has 0 atom stereocenters. The van der Waals surface area contributed by atoms with E-state index in [1.807, 2.05) is 0 Å². The first-order valence-electron chi connectivity index (χ1n) is 9.78. The van der Waals surface area contributed by atoms with Gasteiger partial charge in [0.15, 0.2) is 11.6 Å². The Morgan fingerprint density at radius 2 is 2.10 bits per heavy atom. The monoisotopic (exact) mass is 427 g/mol. The summed E-state index contributed by atoms with van der Waals surface area (Å²) in [6.07, 6.45) is 3.67. The fourth-order valence-electron chi connectivity index (χ4n) is 3.34. The molecule has 4 rings (SSSR count). The number of urea groups is 1. The van der Waals surface area contributed by atoms with Crippen molar-refractivity contribution >= 4 is 17.5 Å². The lowest BCUT2D eigenvalue weighted by molar-refractivity contribution is 0.1000. The fourth-order valence-corrected chi connectivity index (χ4v) is 3.34. The van der Waals surface area contributed by atoms with Crippen LogP contribution >= 0.6 is 0 Å². The van der Waals surface area contributed by atoms with Crippen LogP contribution in [-0.4, -0.2) is 64.4 Å². The highest BCUT2D eigenvalue weighted by molar-refractivity contribution is 5.94. The first-order chi connectivity index (χ1) is 14.9. The summed E-state index contributed by atoms with van der Waals surface area (Å²) in [5, 5.41) is 0. The topological polar surface area (TPSA) is 102 Å². The van der Waals surface area contributed by atoms with Crippen LogP contribution in [-0.2, 0) is 0 Å². The molecular formula is C21H22FN5O4. The van der Waals surface area contributed by atoms with Crippen molar-refractivity contribution in [2.24, 2.45) is 5.73 Å². The molecule has 0 spiro atoms. The Labute approximate surface area is 177 Å². The van der Waals surface area contributed by atoms with Crippen molar-refractivity contribution < 1.29 is 23.5 Å². The Hall–Kier alpha value is -3.82. The summed E-state index contributed by atoms with van der Waals surface area (Å²) in [6.45, 7) is 2.37. The summed E-state index contributed by atoms with van der Waals surface area (Å²) in [5.41, 5.74) is 6.18. The SMILES string of the molecule is CN1CCN(CCCOc2ccc(Oc3cc(C(N)=O)cc4cncn34)c(F)c2)C1=O. The number of primary amides is 1. The van der Waals surface area contributed by atoms with E-state index in [4.69, 9.17) is 15.2 Å². The molecule has 10 heteroatoms. The van der Waals surface area contributed by atoms with E-state index in [0.717, 1.165) is 6.54 Å². The minimum absolute atomic E-state index is 0.0138. The number of carbonyl (C=O) groups is 2. The third-order valence-electron chi connectivity index (χ3n) is 5.03. The largest absolute Gasteiger partial charge is 0.493 e. The molecule has 1 aliphatic heterocycles. The van der Waals surface area contributed by atoms with E-state index in [1.165, 1.54) is 24.5 Å². The molecule has 0 aliphatic carbocycles. The molecule has 0 saturated carbocycles. The Bertz CT molecular complexity index is 1130. The minimum Gasteiger partial charge on any atom is -0.493 e. The van der Waals surface area contributed by atoms with Crippen LogP contribution in [0.2, 0.25) is 0 Å². The molecule has 31 heavy (non-hydrogen) atoms. The Balaban J connectivity index is 1.39. The van der Waals surface area contributed by atoms with Crippen LogP contribution in [0.3, 0.4) is 0 Å². The number of ether oxygens (including phenoxy) is 2. The zero-order chi connectivity index (χ0) is 22.0. The van der Waals surface area contributed by atoms with Gasteiger partial charge >= 0.3 is 6.03 Å². The van der Waals surface area contributed by atoms with Crippen molar-refractivity contribution in [3.63, 3.8) is 0 Å². The van der Waals surface area contributed by atoms with Crippen LogP contribution in [0.25, 0.3) is 5.52 Å². The molecule has 2 aromatic heterocycles. The van der Waals surface area contributed by atoms with E-state index in [-0.39, 0.29) is 23.2 Å². The van der Waals surface area contributed by atoms with Gasteiger partial charge in [0.25, 0.3) is 0 Å². The molecule has 1 saturated heterocycles. The number of hydrogen-bond donors (Lipinski definition) is 1. The number of halogens is 1. The van der Waals surface area contributed by atoms with Crippen LogP contribution in [0.4, 0.5) is 9.18 Å². The number of nitrogens with two attached hydrogens (primary N) is 1. The van der Waals surface area contributed by atoms with Gasteiger partial charge in [-0.25, -0.2) is 14.2 Å². The van der Waals surface area contributed by atoms with Crippen LogP contribution in [0.1, 0.15) is 16.8 Å². The summed E-state index contributed by atoms with van der Waals surface area (Å²) in [6, 6.07) is 7.29. The summed E-state index contributed by atoms with van der Waals surface area (Å²) in [7, 11) is 1.77. The van der Waals surface area contributed by atoms with Gasteiger partial charge < -0.3 is 25.0 Å². The second kappa shape index (κ2) is 8.50. The number of carbonyl (C=O) groups excluding carboxylic acids is 2. The predicted molar refractivity (Wildman–Crippen MR) is 110 cm³/mol. The van der Waals surface area contributed by atoms with Gasteiger partial charge in [-0.05, 0) is 24.6 Å². The normalized spacial score (nSPS) is 13.8. The molecule has 3 amide bonds. The van der Waals surface area contributed by atoms with Crippen molar-refractivity contribution in [2.45, 2.75) is 6.42 Å². The van der Waals surface area contributed by atoms with Gasteiger partial charge in [0, 0.05) is 44.4 Å². The molecule has 3 heterocycles. The maximum absolute atomic E-state index is 14.6. The summed E-state index contributed by atoms with van der Waals surface area (Å²) >= 11 is 0. The van der Waals surface area contributed by atoms with Gasteiger partial charge in [0.05, 0.1) is 18.3 Å². The smallest absolute Gasteiger partial charge is 0.319 e. The van der Waals surface area contributed by atoms with Crippen LogP contribution in [0.15, 0.2) is 42.9 Å². The Morgan fingerprint density at radius 1 is 1.26 bits per heavy atom. The number of likely N-dealkylation sites (N-methyl/N-ethyl adjacent to an activating group) is 1. The zero-order valence-corrected chi connectivity index (χ0v) is 17.0. The first-order valence-corrected chi connectivity index (χ1v) is 9.78. The van der Waals surface area contributed by atoms with Gasteiger partial charge in [0.2, 0.25) is 11.8 Å². The molecule has 0 radical (unpaired) electrons. The lowest BCUT2D eigenvalue weighted by atomic mass is 10.2. The van der Waals surface area contributed by atoms with Gasteiger partial charge in [0.1, 0.15) is 12.1 Å². The molecule has 162 valence electrons. The van der Waals surface area contributed by atoms with E-state index >= 15 is 0 Å². The van der Waals surface area contributed by atoms with Gasteiger partial charge in [-0.2, -0.15) is 0 Å². The molecule has 1 aliphatic rings. The summed E-state index contributed by atoms with van der Waals surface area (Å²) in [4.78, 5) is 30.8. The maximum atomic E-state index is 14.6. The number of imidazole rings is 1. The molecule has 9 nitrogen and oxygen atoms in total. The summed E-state index contributed by atoms with van der Waals surface area (Å²) in [5.74, 6) is -0.716. The number of nitrogens with zero attached hydrogens (tertiary/aromatic N) is 4. The van der Waals surface area contributed by atoms with Crippen molar-refractivity contribution in [1.82, 2.24) is 19.2 Å². The highest BCUT2D eigenvalue weighted by Gasteiger charge is 2.24. The van der Waals surface area contributed by atoms with Gasteiger partial charge in [-0.1, -0.05) is 0 Å². The van der Waals surface area contributed by atoms with Gasteiger partial charge in [-0.3, -0.25) is 9.20 Å². The molecule has 3 aromatic rings. The van der Waals surface area contributed by atoms with Crippen LogP contribution in [0, 0.1) is 5.82 Å². The third-order valence-corrected chi connectivity index (χ3v) is 5.03. The standard InChI is InChI=1S/C21H22FN5O4/c1-25-6-7-26(21(25)29)5-2-8-30-16-3-4-18(17(22)11-16)31-19-10-14(20(23)28)9-15-12-24-13-27(15)19/h3-4,9-13H,2,5-8H2,1H3,(H2,23,28). The fraction of sp³-hybridized carbons (Fsp3) is 0.286. The Morgan fingerprint density at radius 3 is 2.81 bits per heavy atom. The van der Waals surface area contributed by atoms with Gasteiger partial charge in [-0.15, -0.1) is 0 Å². The first kappa shape index (κ1) is 20.5. The van der Waals surface area contributed by atoms with Crippen molar-refractivity contribution in [3.8, 4) is 17.4 Å². The van der Waals surface area contributed by atoms with E-state index in [1.54, 1.807) is 39.6 Å². The lowest BCUT2D eigenvalue weighted by Gasteiger charge is -2.16. The number of aromatic nitrogens is 2. The maximum Gasteiger partial charge on any atom is 0.319 e. The number of rotatable bonds is 8. The van der Waals surface area contributed by atoms with Crippen molar-refractivity contribution in [3.05, 3.63) is 54.2 Å². The second-order valence-electron chi connectivity index (χ2n) is 7.22. The number of fused-ring (bicyclic) bond motifs is 1. The van der Waals surface area contributed by atoms with E-state index in [9.17, 15) is 14.0 Å². The predicted octanol–water partition coefficient (Wildman–Crippen LogP) is 2.50. The minimum atomic E-state index is -0.625. The Kier molecular flexibility index (Phi) is 5.61. The molecular weight excluding hydrogens is 405 g/mol. The van der Waals surface area contributed by atoms with E-state index < -0.39 is 11.7 Å². The molecule has 2 N–H and O–H groups in total. The average molecular weight is 427 g/mol.